The molecule has 1 aliphatic heterocycles. The predicted octanol–water partition coefficient (Wildman–Crippen LogP) is 1.83. The number of ether oxygens (including phenoxy) is 1. The second kappa shape index (κ2) is 4.17. The molecular weight excluding hydrogens is 228 g/mol. The summed E-state index contributed by atoms with van der Waals surface area (Å²) < 4.78 is 5.03. The molecule has 1 aromatic rings. The molecule has 0 saturated heterocycles. The van der Waals surface area contributed by atoms with Crippen LogP contribution in [0.25, 0.3) is 0 Å². The van der Waals surface area contributed by atoms with E-state index in [1.165, 1.54) is 18.9 Å². The number of carbonyl (C=O) groups excluding carboxylic acids is 1. The van der Waals surface area contributed by atoms with Gasteiger partial charge >= 0.3 is 5.97 Å². The van der Waals surface area contributed by atoms with Gasteiger partial charge in [-0.25, -0.2) is 0 Å². The third kappa shape index (κ3) is 1.90. The SMILES string of the molecule is COc1ccc2c(c1)C(=O)CC(C(=O)O)S2. The molecule has 1 unspecified atom stereocenters. The van der Waals surface area contributed by atoms with Gasteiger partial charge in [-0.3, -0.25) is 9.59 Å². The zero-order valence-electron chi connectivity index (χ0n) is 8.60. The lowest BCUT2D eigenvalue weighted by Crippen LogP contribution is -2.24. The molecule has 0 amide bonds. The molecule has 0 fully saturated rings. The van der Waals surface area contributed by atoms with E-state index in [9.17, 15) is 9.59 Å². The number of rotatable bonds is 2. The topological polar surface area (TPSA) is 63.6 Å². The lowest BCUT2D eigenvalue weighted by molar-refractivity contribution is -0.136. The monoisotopic (exact) mass is 238 g/mol. The van der Waals surface area contributed by atoms with E-state index in [1.807, 2.05) is 0 Å². The third-order valence-corrected chi connectivity index (χ3v) is 3.67. The molecule has 0 radical (unpaired) electrons. The molecule has 5 heteroatoms. The summed E-state index contributed by atoms with van der Waals surface area (Å²) in [6.45, 7) is 0. The van der Waals surface area contributed by atoms with Gasteiger partial charge in [0.15, 0.2) is 5.78 Å². The highest BCUT2D eigenvalue weighted by atomic mass is 32.2. The van der Waals surface area contributed by atoms with Gasteiger partial charge in [-0.1, -0.05) is 0 Å². The van der Waals surface area contributed by atoms with Crippen LogP contribution in [-0.4, -0.2) is 29.2 Å². The highest BCUT2D eigenvalue weighted by Crippen LogP contribution is 2.36. The Labute approximate surface area is 96.6 Å². The largest absolute Gasteiger partial charge is 0.497 e. The Morgan fingerprint density at radius 2 is 2.31 bits per heavy atom. The molecule has 2 rings (SSSR count). The number of carboxylic acid groups (broad SMARTS) is 1. The maximum absolute atomic E-state index is 11.7. The first-order valence-electron chi connectivity index (χ1n) is 4.72. The summed E-state index contributed by atoms with van der Waals surface area (Å²) in [7, 11) is 1.53. The fraction of sp³-hybridized carbons (Fsp3) is 0.273. The van der Waals surface area contributed by atoms with Crippen LogP contribution < -0.4 is 4.74 Å². The number of fused-ring (bicyclic) bond motifs is 1. The van der Waals surface area contributed by atoms with Crippen molar-refractivity contribution in [2.45, 2.75) is 16.6 Å². The number of carboxylic acids is 1. The van der Waals surface area contributed by atoms with Crippen molar-refractivity contribution in [2.75, 3.05) is 7.11 Å². The standard InChI is InChI=1S/C11H10O4S/c1-15-6-2-3-9-7(4-6)8(12)5-10(16-9)11(13)14/h2-4,10H,5H2,1H3,(H,13,14). The van der Waals surface area contributed by atoms with Crippen molar-refractivity contribution in [3.05, 3.63) is 23.8 Å². The quantitative estimate of drug-likeness (QED) is 0.851. The molecule has 1 heterocycles. The smallest absolute Gasteiger partial charge is 0.317 e. The molecule has 84 valence electrons. The van der Waals surface area contributed by atoms with Crippen LogP contribution in [0.1, 0.15) is 16.8 Å². The Morgan fingerprint density at radius 3 is 2.94 bits per heavy atom. The van der Waals surface area contributed by atoms with Crippen molar-refractivity contribution in [3.8, 4) is 5.75 Å². The number of carbonyl (C=O) groups is 2. The molecule has 0 spiro atoms. The third-order valence-electron chi connectivity index (χ3n) is 2.40. The molecule has 1 aromatic carbocycles. The van der Waals surface area contributed by atoms with Crippen LogP contribution in [0.4, 0.5) is 0 Å². The van der Waals surface area contributed by atoms with E-state index in [0.29, 0.717) is 16.2 Å². The summed E-state index contributed by atoms with van der Waals surface area (Å²) in [6.07, 6.45) is 0.0418. The van der Waals surface area contributed by atoms with E-state index in [-0.39, 0.29) is 12.2 Å². The average molecular weight is 238 g/mol. The van der Waals surface area contributed by atoms with Gasteiger partial charge in [-0.05, 0) is 18.2 Å². The van der Waals surface area contributed by atoms with Gasteiger partial charge in [0.25, 0.3) is 0 Å². The van der Waals surface area contributed by atoms with E-state index in [1.54, 1.807) is 18.2 Å². The molecule has 1 atom stereocenters. The zero-order chi connectivity index (χ0) is 11.7. The van der Waals surface area contributed by atoms with Crippen molar-refractivity contribution < 1.29 is 19.4 Å². The fourth-order valence-corrected chi connectivity index (χ4v) is 2.66. The Balaban J connectivity index is 2.38. The average Bonchev–Trinajstić information content (AvgIpc) is 2.28. The van der Waals surface area contributed by atoms with E-state index in [2.05, 4.69) is 0 Å². The van der Waals surface area contributed by atoms with Gasteiger partial charge in [0.2, 0.25) is 0 Å². The number of methoxy groups -OCH3 is 1. The maximum atomic E-state index is 11.7. The predicted molar refractivity (Wildman–Crippen MR) is 59.2 cm³/mol. The van der Waals surface area contributed by atoms with E-state index in [4.69, 9.17) is 9.84 Å². The summed E-state index contributed by atoms with van der Waals surface area (Å²) in [5.41, 5.74) is 0.557. The first kappa shape index (κ1) is 11.0. The summed E-state index contributed by atoms with van der Waals surface area (Å²) in [5, 5.41) is 8.21. The number of ketones is 1. The summed E-state index contributed by atoms with van der Waals surface area (Å²) in [6, 6.07) is 5.11. The maximum Gasteiger partial charge on any atom is 0.317 e. The van der Waals surface area contributed by atoms with Crippen LogP contribution in [-0.2, 0) is 4.79 Å². The normalized spacial score (nSPS) is 19.1. The molecule has 0 aliphatic carbocycles. The lowest BCUT2D eigenvalue weighted by atomic mass is 10.1. The van der Waals surface area contributed by atoms with Crippen LogP contribution in [0.3, 0.4) is 0 Å². The van der Waals surface area contributed by atoms with Gasteiger partial charge in [-0.15, -0.1) is 11.8 Å². The van der Waals surface area contributed by atoms with Crippen LogP contribution in [0, 0.1) is 0 Å². The molecule has 0 aromatic heterocycles. The molecule has 0 bridgehead atoms. The van der Waals surface area contributed by atoms with Crippen LogP contribution >= 0.6 is 11.8 Å². The minimum Gasteiger partial charge on any atom is -0.497 e. The molecule has 4 nitrogen and oxygen atoms in total. The lowest BCUT2D eigenvalue weighted by Gasteiger charge is -2.20. The van der Waals surface area contributed by atoms with E-state index in [0.717, 1.165) is 0 Å². The van der Waals surface area contributed by atoms with Crippen molar-refractivity contribution in [3.63, 3.8) is 0 Å². The fourth-order valence-electron chi connectivity index (χ4n) is 1.57. The second-order valence-corrected chi connectivity index (χ2v) is 4.68. The highest BCUT2D eigenvalue weighted by Gasteiger charge is 2.30. The van der Waals surface area contributed by atoms with E-state index >= 15 is 0 Å². The van der Waals surface area contributed by atoms with Gasteiger partial charge in [-0.2, -0.15) is 0 Å². The number of hydrogen-bond donors (Lipinski definition) is 1. The molecular formula is C11H10O4S. The zero-order valence-corrected chi connectivity index (χ0v) is 9.41. The van der Waals surface area contributed by atoms with Gasteiger partial charge in [0.05, 0.1) is 7.11 Å². The summed E-state index contributed by atoms with van der Waals surface area (Å²) >= 11 is 1.21. The molecule has 16 heavy (non-hydrogen) atoms. The van der Waals surface area contributed by atoms with Gasteiger partial charge in [0.1, 0.15) is 11.0 Å². The Kier molecular flexibility index (Phi) is 2.87. The number of aliphatic carboxylic acids is 1. The number of hydrogen-bond acceptors (Lipinski definition) is 4. The van der Waals surface area contributed by atoms with Crippen molar-refractivity contribution >= 4 is 23.5 Å². The van der Waals surface area contributed by atoms with Gasteiger partial charge < -0.3 is 9.84 Å². The number of benzene rings is 1. The van der Waals surface area contributed by atoms with E-state index < -0.39 is 11.2 Å². The molecule has 1 N–H and O–H groups in total. The molecule has 0 saturated carbocycles. The first-order chi connectivity index (χ1) is 7.61. The minimum absolute atomic E-state index is 0.0418. The van der Waals surface area contributed by atoms with Crippen LogP contribution in [0.15, 0.2) is 23.1 Å². The first-order valence-corrected chi connectivity index (χ1v) is 5.60. The number of Topliss-reactive ketones (excluding diaryl/α,β-unsaturated/α-hetero) is 1. The number of thioether (sulfide) groups is 1. The van der Waals surface area contributed by atoms with Crippen molar-refractivity contribution in [1.82, 2.24) is 0 Å². The highest BCUT2D eigenvalue weighted by molar-refractivity contribution is 8.00. The Bertz CT molecular complexity index is 455. The van der Waals surface area contributed by atoms with Crippen molar-refractivity contribution in [1.29, 1.82) is 0 Å². The second-order valence-electron chi connectivity index (χ2n) is 3.43. The summed E-state index contributed by atoms with van der Waals surface area (Å²) in [4.78, 5) is 23.3. The Morgan fingerprint density at radius 1 is 1.56 bits per heavy atom. The Hall–Kier alpha value is -1.49. The summed E-state index contributed by atoms with van der Waals surface area (Å²) in [5.74, 6) is -0.471. The van der Waals surface area contributed by atoms with Crippen molar-refractivity contribution in [2.24, 2.45) is 0 Å². The van der Waals surface area contributed by atoms with Gasteiger partial charge in [0, 0.05) is 16.9 Å². The molecule has 1 aliphatic rings. The van der Waals surface area contributed by atoms with Crippen LogP contribution in [0.2, 0.25) is 0 Å². The minimum atomic E-state index is -0.945. The van der Waals surface area contributed by atoms with Crippen LogP contribution in [0.5, 0.6) is 5.75 Å².